The summed E-state index contributed by atoms with van der Waals surface area (Å²) in [5.74, 6) is 0.864. The van der Waals surface area contributed by atoms with Gasteiger partial charge in [0.2, 0.25) is 5.91 Å². The summed E-state index contributed by atoms with van der Waals surface area (Å²) >= 11 is 2.63. The summed E-state index contributed by atoms with van der Waals surface area (Å²) in [6.07, 6.45) is 4.05. The van der Waals surface area contributed by atoms with Crippen LogP contribution in [0.2, 0.25) is 0 Å². The molecule has 1 aliphatic carbocycles. The second-order valence-electron chi connectivity index (χ2n) is 7.56. The molecule has 0 unspecified atom stereocenters. The Morgan fingerprint density at radius 3 is 2.72 bits per heavy atom. The maximum Gasteiger partial charge on any atom is 0.341 e. The number of nitrogens with one attached hydrogen (secondary N) is 1. The average molecular weight is 469 g/mol. The Hall–Kier alpha value is -2.91. The highest BCUT2D eigenvalue weighted by atomic mass is 32.2. The molecule has 2 aromatic heterocycles. The first-order chi connectivity index (χ1) is 15.5. The summed E-state index contributed by atoms with van der Waals surface area (Å²) in [6.45, 7) is 6.42. The van der Waals surface area contributed by atoms with E-state index in [-0.39, 0.29) is 11.7 Å². The molecular weight excluding hydrogens is 444 g/mol. The van der Waals surface area contributed by atoms with Crippen molar-refractivity contribution in [2.24, 2.45) is 0 Å². The van der Waals surface area contributed by atoms with Crippen LogP contribution in [0.1, 0.15) is 40.5 Å². The number of thiophene rings is 1. The predicted octanol–water partition coefficient (Wildman–Crippen LogP) is 4.90. The third kappa shape index (κ3) is 4.78. The lowest BCUT2D eigenvalue weighted by molar-refractivity contribution is -0.113. The molecule has 1 N–H and O–H groups in total. The molecule has 9 heteroatoms. The van der Waals surface area contributed by atoms with Gasteiger partial charge in [-0.15, -0.1) is 28.1 Å². The van der Waals surface area contributed by atoms with E-state index in [1.54, 1.807) is 6.08 Å². The van der Waals surface area contributed by atoms with Crippen molar-refractivity contribution in [1.82, 2.24) is 14.8 Å². The fourth-order valence-corrected chi connectivity index (χ4v) is 5.07. The average Bonchev–Trinajstić information content (AvgIpc) is 3.43. The summed E-state index contributed by atoms with van der Waals surface area (Å²) in [4.78, 5) is 25.2. The molecule has 32 heavy (non-hydrogen) atoms. The van der Waals surface area contributed by atoms with E-state index < -0.39 is 5.97 Å². The van der Waals surface area contributed by atoms with Gasteiger partial charge < -0.3 is 14.6 Å². The molecule has 0 saturated heterocycles. The van der Waals surface area contributed by atoms with E-state index in [1.807, 2.05) is 41.1 Å². The smallest absolute Gasteiger partial charge is 0.341 e. The van der Waals surface area contributed by atoms with E-state index in [1.165, 1.54) is 30.2 Å². The number of anilines is 1. The number of benzene rings is 1. The van der Waals surface area contributed by atoms with Crippen molar-refractivity contribution in [1.29, 1.82) is 0 Å². The monoisotopic (exact) mass is 468 g/mol. The Morgan fingerprint density at radius 2 is 2.06 bits per heavy atom. The Morgan fingerprint density at radius 1 is 1.31 bits per heavy atom. The van der Waals surface area contributed by atoms with Crippen LogP contribution in [0.5, 0.6) is 0 Å². The summed E-state index contributed by atoms with van der Waals surface area (Å²) in [7, 11) is 1.34. The molecule has 7 nitrogen and oxygen atoms in total. The number of ether oxygens (including phenoxy) is 1. The van der Waals surface area contributed by atoms with E-state index >= 15 is 0 Å². The second kappa shape index (κ2) is 9.70. The molecule has 0 aliphatic heterocycles. The number of allylic oxidation sites excluding steroid dienone is 1. The van der Waals surface area contributed by atoms with Crippen LogP contribution in [-0.4, -0.2) is 39.5 Å². The number of aromatic nitrogens is 3. The zero-order valence-corrected chi connectivity index (χ0v) is 19.6. The molecule has 0 radical (unpaired) electrons. The summed E-state index contributed by atoms with van der Waals surface area (Å²) in [5.41, 5.74) is 3.13. The van der Waals surface area contributed by atoms with Crippen LogP contribution in [0.15, 0.2) is 47.5 Å². The number of hydrogen-bond donors (Lipinski definition) is 1. The van der Waals surface area contributed by atoms with Gasteiger partial charge in [0.05, 0.1) is 12.9 Å². The number of amides is 1. The maximum absolute atomic E-state index is 12.7. The van der Waals surface area contributed by atoms with Gasteiger partial charge in [0.1, 0.15) is 16.4 Å². The van der Waals surface area contributed by atoms with Crippen LogP contribution in [0.3, 0.4) is 0 Å². The third-order valence-electron chi connectivity index (χ3n) is 5.13. The van der Waals surface area contributed by atoms with Gasteiger partial charge in [-0.2, -0.15) is 0 Å². The largest absolute Gasteiger partial charge is 0.465 e. The molecule has 0 spiro atoms. The molecule has 1 aromatic carbocycles. The predicted molar refractivity (Wildman–Crippen MR) is 127 cm³/mol. The maximum atomic E-state index is 12.7. The highest BCUT2D eigenvalue weighted by Gasteiger charge is 2.30. The van der Waals surface area contributed by atoms with Crippen LogP contribution in [-0.2, 0) is 16.1 Å². The van der Waals surface area contributed by atoms with Crippen molar-refractivity contribution in [2.45, 2.75) is 37.4 Å². The minimum Gasteiger partial charge on any atom is -0.465 e. The number of rotatable bonds is 9. The first-order valence-electron chi connectivity index (χ1n) is 10.2. The lowest BCUT2D eigenvalue weighted by atomic mass is 10.0. The normalized spacial score (nSPS) is 13.1. The van der Waals surface area contributed by atoms with E-state index in [0.717, 1.165) is 35.4 Å². The Balaban J connectivity index is 1.49. The van der Waals surface area contributed by atoms with E-state index in [9.17, 15) is 9.59 Å². The zero-order chi connectivity index (χ0) is 22.7. The van der Waals surface area contributed by atoms with E-state index in [4.69, 9.17) is 4.74 Å². The number of carbonyl (C=O) groups is 2. The van der Waals surface area contributed by atoms with Crippen molar-refractivity contribution in [3.63, 3.8) is 0 Å². The third-order valence-corrected chi connectivity index (χ3v) is 6.99. The van der Waals surface area contributed by atoms with Gasteiger partial charge in [-0.1, -0.05) is 47.7 Å². The van der Waals surface area contributed by atoms with Gasteiger partial charge >= 0.3 is 5.97 Å². The van der Waals surface area contributed by atoms with Crippen LogP contribution < -0.4 is 5.32 Å². The lowest BCUT2D eigenvalue weighted by Gasteiger charge is -2.09. The fraction of sp³-hybridized carbons (Fsp3) is 0.304. The Labute approximate surface area is 194 Å². The lowest BCUT2D eigenvalue weighted by Crippen LogP contribution is -2.16. The van der Waals surface area contributed by atoms with Crippen LogP contribution in [0, 0.1) is 6.92 Å². The molecule has 1 fully saturated rings. The standard InChI is InChI=1S/C23H24N4O3S2/c1-4-11-27-20(16-9-10-16)25-26-23(27)32-13-18(28)24-21-19(22(29)30-3)17(12-31-21)15-7-5-14(2)6-8-15/h4-8,12,16H,1,9-11,13H2,2-3H3,(H,24,28). The number of hydrogen-bond acceptors (Lipinski definition) is 7. The second-order valence-corrected chi connectivity index (χ2v) is 9.38. The van der Waals surface area contributed by atoms with Gasteiger partial charge in [-0.25, -0.2) is 4.79 Å². The molecule has 1 aliphatic rings. The van der Waals surface area contributed by atoms with E-state index in [0.29, 0.717) is 28.2 Å². The van der Waals surface area contributed by atoms with Crippen molar-refractivity contribution in [3.05, 3.63) is 59.3 Å². The van der Waals surface area contributed by atoms with Gasteiger partial charge in [-0.3, -0.25) is 4.79 Å². The van der Waals surface area contributed by atoms with Crippen molar-refractivity contribution < 1.29 is 14.3 Å². The molecular formula is C23H24N4O3S2. The van der Waals surface area contributed by atoms with Crippen molar-refractivity contribution in [2.75, 3.05) is 18.2 Å². The number of methoxy groups -OCH3 is 1. The minimum absolute atomic E-state index is 0.151. The Bertz CT molecular complexity index is 1150. The van der Waals surface area contributed by atoms with E-state index in [2.05, 4.69) is 22.1 Å². The van der Waals surface area contributed by atoms with Gasteiger partial charge in [0.15, 0.2) is 5.16 Å². The highest BCUT2D eigenvalue weighted by molar-refractivity contribution is 7.99. The quantitative estimate of drug-likeness (QED) is 0.273. The SMILES string of the molecule is C=CCn1c(SCC(=O)Nc2scc(-c3ccc(C)cc3)c2C(=O)OC)nnc1C1CC1. The van der Waals surface area contributed by atoms with Crippen LogP contribution in [0.25, 0.3) is 11.1 Å². The number of nitrogens with zero attached hydrogens (tertiary/aromatic N) is 3. The molecule has 3 aromatic rings. The first-order valence-corrected chi connectivity index (χ1v) is 12.1. The Kier molecular flexibility index (Phi) is 6.76. The number of esters is 1. The van der Waals surface area contributed by atoms with Crippen LogP contribution in [0.4, 0.5) is 5.00 Å². The minimum atomic E-state index is -0.482. The van der Waals surface area contributed by atoms with Crippen molar-refractivity contribution >= 4 is 40.0 Å². The highest BCUT2D eigenvalue weighted by Crippen LogP contribution is 2.40. The molecule has 1 saturated carbocycles. The molecule has 4 rings (SSSR count). The van der Waals surface area contributed by atoms with Gasteiger partial charge in [-0.05, 0) is 25.3 Å². The van der Waals surface area contributed by atoms with Crippen LogP contribution >= 0.6 is 23.1 Å². The molecule has 0 atom stereocenters. The molecule has 0 bridgehead atoms. The van der Waals surface area contributed by atoms with Crippen molar-refractivity contribution in [3.8, 4) is 11.1 Å². The molecule has 2 heterocycles. The summed E-state index contributed by atoms with van der Waals surface area (Å²) in [6, 6.07) is 7.88. The number of thioether (sulfide) groups is 1. The number of carbonyl (C=O) groups excluding carboxylic acids is 2. The molecule has 1 amide bonds. The van der Waals surface area contributed by atoms with Gasteiger partial charge in [0, 0.05) is 23.4 Å². The topological polar surface area (TPSA) is 86.1 Å². The molecule has 166 valence electrons. The summed E-state index contributed by atoms with van der Waals surface area (Å²) in [5, 5.41) is 14.5. The summed E-state index contributed by atoms with van der Waals surface area (Å²) < 4.78 is 7.00. The van der Waals surface area contributed by atoms with Gasteiger partial charge in [0.25, 0.3) is 0 Å². The fourth-order valence-electron chi connectivity index (χ4n) is 3.34. The first kappa shape index (κ1) is 22.3. The number of aryl methyl sites for hydroxylation is 1. The zero-order valence-electron chi connectivity index (χ0n) is 18.0.